The van der Waals surface area contributed by atoms with Gasteiger partial charge in [-0.1, -0.05) is 29.3 Å². The molecule has 0 atom stereocenters. The fourth-order valence-corrected chi connectivity index (χ4v) is 3.91. The average molecular weight is 451 g/mol. The second kappa shape index (κ2) is 9.57. The van der Waals surface area contributed by atoms with E-state index >= 15 is 0 Å². The van der Waals surface area contributed by atoms with Crippen LogP contribution in [-0.4, -0.2) is 24.3 Å². The van der Waals surface area contributed by atoms with Crippen molar-refractivity contribution in [2.24, 2.45) is 4.99 Å². The Hall–Kier alpha value is -2.15. The molecule has 1 amide bonds. The maximum absolute atomic E-state index is 12.4. The van der Waals surface area contributed by atoms with Gasteiger partial charge in [0.15, 0.2) is 16.7 Å². The van der Waals surface area contributed by atoms with Crippen molar-refractivity contribution in [2.45, 2.75) is 20.8 Å². The Bertz CT molecular complexity index is 1010. The number of rotatable bonds is 6. The number of hydrogen-bond donors (Lipinski definition) is 1. The van der Waals surface area contributed by atoms with Crippen LogP contribution in [0.1, 0.15) is 25.0 Å². The third-order valence-electron chi connectivity index (χ3n) is 3.96. The number of aryl methyl sites for hydroxylation is 1. The van der Waals surface area contributed by atoms with Crippen molar-refractivity contribution in [1.82, 2.24) is 5.32 Å². The first-order chi connectivity index (χ1) is 13.9. The van der Waals surface area contributed by atoms with Gasteiger partial charge in [-0.15, -0.1) is 0 Å². The zero-order chi connectivity index (χ0) is 21.0. The van der Waals surface area contributed by atoms with Crippen LogP contribution in [0, 0.1) is 6.92 Å². The van der Waals surface area contributed by atoms with E-state index < -0.39 is 0 Å². The van der Waals surface area contributed by atoms with Gasteiger partial charge in [-0.05, 0) is 74.0 Å². The molecule has 3 rings (SSSR count). The molecule has 2 aromatic rings. The van der Waals surface area contributed by atoms with Gasteiger partial charge in [0.2, 0.25) is 0 Å². The number of amidine groups is 1. The minimum absolute atomic E-state index is 0.227. The quantitative estimate of drug-likeness (QED) is 0.548. The van der Waals surface area contributed by atoms with E-state index in [0.29, 0.717) is 50.5 Å². The number of nitrogens with zero attached hydrogens (tertiary/aromatic N) is 1. The lowest BCUT2D eigenvalue weighted by molar-refractivity contribution is -0.115. The summed E-state index contributed by atoms with van der Waals surface area (Å²) in [4.78, 5) is 17.3. The van der Waals surface area contributed by atoms with E-state index in [1.165, 1.54) is 11.8 Å². The zero-order valence-corrected chi connectivity index (χ0v) is 18.5. The van der Waals surface area contributed by atoms with E-state index in [0.717, 1.165) is 11.1 Å². The highest BCUT2D eigenvalue weighted by Gasteiger charge is 2.24. The van der Waals surface area contributed by atoms with Crippen LogP contribution in [0.25, 0.3) is 6.08 Å². The monoisotopic (exact) mass is 450 g/mol. The third-order valence-corrected chi connectivity index (χ3v) is 5.55. The topological polar surface area (TPSA) is 59.9 Å². The zero-order valence-electron chi connectivity index (χ0n) is 16.2. The van der Waals surface area contributed by atoms with Gasteiger partial charge in [0.25, 0.3) is 5.91 Å². The van der Waals surface area contributed by atoms with Crippen LogP contribution >= 0.6 is 35.0 Å². The van der Waals surface area contributed by atoms with Gasteiger partial charge < -0.3 is 14.8 Å². The molecule has 0 saturated carbocycles. The maximum atomic E-state index is 12.4. The van der Waals surface area contributed by atoms with E-state index in [-0.39, 0.29) is 5.91 Å². The second-order valence-corrected chi connectivity index (χ2v) is 7.96. The Labute approximate surface area is 184 Å². The summed E-state index contributed by atoms with van der Waals surface area (Å²) in [5, 5.41) is 4.31. The number of aliphatic imine (C=N–C) groups is 1. The molecule has 0 aromatic heterocycles. The van der Waals surface area contributed by atoms with E-state index in [2.05, 4.69) is 10.3 Å². The van der Waals surface area contributed by atoms with Crippen molar-refractivity contribution < 1.29 is 14.3 Å². The lowest BCUT2D eigenvalue weighted by Crippen LogP contribution is -2.19. The van der Waals surface area contributed by atoms with Crippen LogP contribution in [-0.2, 0) is 4.79 Å². The Balaban J connectivity index is 1.88. The molecule has 2 aromatic carbocycles. The first-order valence-electron chi connectivity index (χ1n) is 9.06. The molecule has 1 heterocycles. The highest BCUT2D eigenvalue weighted by atomic mass is 35.5. The molecule has 1 fully saturated rings. The number of nitrogens with one attached hydrogen (secondary N) is 1. The van der Waals surface area contributed by atoms with Gasteiger partial charge in [-0.3, -0.25) is 4.79 Å². The number of benzene rings is 2. The van der Waals surface area contributed by atoms with Crippen LogP contribution < -0.4 is 14.8 Å². The van der Waals surface area contributed by atoms with Crippen LogP contribution in [0.4, 0.5) is 5.69 Å². The molecule has 0 aliphatic carbocycles. The molecular weight excluding hydrogens is 431 g/mol. The van der Waals surface area contributed by atoms with Gasteiger partial charge in [0.05, 0.1) is 28.8 Å². The summed E-state index contributed by atoms with van der Waals surface area (Å²) in [7, 11) is 0. The standard InChI is InChI=1S/C21H20Cl2N2O3S/c1-4-27-17-9-13(8-16(23)19(17)28-5-2)10-18-20(26)25-21(29-18)24-14-7-6-12(3)15(22)11-14/h6-11H,4-5H2,1-3H3,(H,24,25,26)/b18-10-. The fourth-order valence-electron chi connectivity index (χ4n) is 2.62. The molecule has 8 heteroatoms. The molecule has 1 N–H and O–H groups in total. The second-order valence-electron chi connectivity index (χ2n) is 6.11. The molecule has 1 aliphatic rings. The van der Waals surface area contributed by atoms with Gasteiger partial charge >= 0.3 is 0 Å². The predicted octanol–water partition coefficient (Wildman–Crippen LogP) is 5.99. The average Bonchev–Trinajstić information content (AvgIpc) is 3.00. The first-order valence-corrected chi connectivity index (χ1v) is 10.6. The molecule has 0 radical (unpaired) electrons. The van der Waals surface area contributed by atoms with Crippen molar-refractivity contribution in [3.63, 3.8) is 0 Å². The molecule has 1 saturated heterocycles. The third kappa shape index (κ3) is 5.26. The van der Waals surface area contributed by atoms with Crippen molar-refractivity contribution >= 4 is 57.8 Å². The normalized spacial score (nSPS) is 16.4. The number of hydrogen-bond acceptors (Lipinski definition) is 5. The Kier molecular flexibility index (Phi) is 7.11. The number of carbonyl (C=O) groups excluding carboxylic acids is 1. The lowest BCUT2D eigenvalue weighted by atomic mass is 10.2. The Morgan fingerprint density at radius 1 is 1.10 bits per heavy atom. The maximum Gasteiger partial charge on any atom is 0.264 e. The number of carbonyl (C=O) groups is 1. The van der Waals surface area contributed by atoms with Crippen molar-refractivity contribution in [1.29, 1.82) is 0 Å². The Morgan fingerprint density at radius 2 is 1.86 bits per heavy atom. The van der Waals surface area contributed by atoms with E-state index in [1.807, 2.05) is 32.9 Å². The first kappa shape index (κ1) is 21.6. The molecule has 5 nitrogen and oxygen atoms in total. The minimum Gasteiger partial charge on any atom is -0.490 e. The van der Waals surface area contributed by atoms with Gasteiger partial charge in [-0.25, -0.2) is 4.99 Å². The highest BCUT2D eigenvalue weighted by Crippen LogP contribution is 2.38. The smallest absolute Gasteiger partial charge is 0.264 e. The van der Waals surface area contributed by atoms with E-state index in [9.17, 15) is 4.79 Å². The van der Waals surface area contributed by atoms with E-state index in [4.69, 9.17) is 32.7 Å². The van der Waals surface area contributed by atoms with Crippen LogP contribution in [0.3, 0.4) is 0 Å². The summed E-state index contributed by atoms with van der Waals surface area (Å²) in [6.45, 7) is 6.63. The van der Waals surface area contributed by atoms with Crippen LogP contribution in [0.5, 0.6) is 11.5 Å². The summed E-state index contributed by atoms with van der Waals surface area (Å²) in [5.74, 6) is 0.815. The summed E-state index contributed by atoms with van der Waals surface area (Å²) in [5.41, 5.74) is 2.38. The SMILES string of the molecule is CCOc1cc(/C=C2\SC(=Nc3ccc(C)c(Cl)c3)NC2=O)cc(Cl)c1OCC. The molecule has 0 bridgehead atoms. The van der Waals surface area contributed by atoms with Gasteiger partial charge in [-0.2, -0.15) is 0 Å². The van der Waals surface area contributed by atoms with Crippen molar-refractivity contribution in [3.8, 4) is 11.5 Å². The molecule has 0 unspecified atom stereocenters. The summed E-state index contributed by atoms with van der Waals surface area (Å²) in [6, 6.07) is 9.04. The number of amides is 1. The fraction of sp³-hybridized carbons (Fsp3) is 0.238. The molecule has 29 heavy (non-hydrogen) atoms. The van der Waals surface area contributed by atoms with Crippen LogP contribution in [0.15, 0.2) is 40.2 Å². The number of halogens is 2. The number of thioether (sulfide) groups is 1. The molecule has 1 aliphatic heterocycles. The summed E-state index contributed by atoms with van der Waals surface area (Å²) in [6.07, 6.45) is 1.74. The summed E-state index contributed by atoms with van der Waals surface area (Å²) >= 11 is 13.8. The van der Waals surface area contributed by atoms with Crippen molar-refractivity contribution in [3.05, 3.63) is 56.4 Å². The minimum atomic E-state index is -0.227. The molecule has 152 valence electrons. The van der Waals surface area contributed by atoms with Crippen LogP contribution in [0.2, 0.25) is 10.0 Å². The Morgan fingerprint density at radius 3 is 2.55 bits per heavy atom. The molecular formula is C21H20Cl2N2O3S. The van der Waals surface area contributed by atoms with Gasteiger partial charge in [0, 0.05) is 5.02 Å². The predicted molar refractivity (Wildman–Crippen MR) is 121 cm³/mol. The van der Waals surface area contributed by atoms with Gasteiger partial charge in [0.1, 0.15) is 0 Å². The highest BCUT2D eigenvalue weighted by molar-refractivity contribution is 8.18. The number of ether oxygens (including phenoxy) is 2. The van der Waals surface area contributed by atoms with E-state index in [1.54, 1.807) is 24.3 Å². The molecule has 0 spiro atoms. The summed E-state index contributed by atoms with van der Waals surface area (Å²) < 4.78 is 11.2. The lowest BCUT2D eigenvalue weighted by Gasteiger charge is -2.13. The van der Waals surface area contributed by atoms with Crippen molar-refractivity contribution in [2.75, 3.05) is 13.2 Å². The largest absolute Gasteiger partial charge is 0.490 e.